The predicted molar refractivity (Wildman–Crippen MR) is 102 cm³/mol. The molecule has 3 aromatic carbocycles. The van der Waals surface area contributed by atoms with Gasteiger partial charge in [-0.2, -0.15) is 0 Å². The third-order valence-corrected chi connectivity index (χ3v) is 3.87. The largest absolute Gasteiger partial charge is 0.457 e. The number of rotatable bonds is 4. The van der Waals surface area contributed by atoms with Crippen LogP contribution in [0.3, 0.4) is 0 Å². The van der Waals surface area contributed by atoms with Crippen LogP contribution in [0, 0.1) is 0 Å². The van der Waals surface area contributed by atoms with Crippen LogP contribution in [0.25, 0.3) is 23.1 Å². The van der Waals surface area contributed by atoms with E-state index in [4.69, 9.17) is 9.26 Å². The first kappa shape index (κ1) is 15.8. The van der Waals surface area contributed by atoms with Crippen molar-refractivity contribution in [1.82, 2.24) is 5.16 Å². The van der Waals surface area contributed by atoms with E-state index in [-0.39, 0.29) is 11.0 Å². The molecule has 0 N–H and O–H groups in total. The standard InChI is InChI=1S/C22H15NO3/c24-21-12-5-4-11-19-20(23-26-22(19)21)14-13-16-7-6-10-18(15-16)25-17-8-2-1-3-9-17/h1-15H/b14-13+. The van der Waals surface area contributed by atoms with Crippen LogP contribution in [0.4, 0.5) is 0 Å². The van der Waals surface area contributed by atoms with Gasteiger partial charge in [-0.05, 0) is 48.0 Å². The molecule has 0 saturated carbocycles. The Hall–Kier alpha value is -3.66. The summed E-state index contributed by atoms with van der Waals surface area (Å²) in [5.41, 5.74) is 1.64. The molecule has 0 aliphatic heterocycles. The number of nitrogens with zero attached hydrogens (tertiary/aromatic N) is 1. The van der Waals surface area contributed by atoms with Gasteiger partial charge in [-0.25, -0.2) is 0 Å². The van der Waals surface area contributed by atoms with Crippen molar-refractivity contribution in [3.05, 3.63) is 100 Å². The molecule has 126 valence electrons. The van der Waals surface area contributed by atoms with Crippen molar-refractivity contribution >= 4 is 23.1 Å². The normalized spacial score (nSPS) is 11.1. The molecule has 0 spiro atoms. The molecular formula is C22H15NO3. The van der Waals surface area contributed by atoms with Gasteiger partial charge >= 0.3 is 0 Å². The zero-order valence-electron chi connectivity index (χ0n) is 13.8. The van der Waals surface area contributed by atoms with Gasteiger partial charge < -0.3 is 9.26 Å². The molecule has 1 heterocycles. The molecule has 0 aliphatic carbocycles. The average Bonchev–Trinajstić information content (AvgIpc) is 2.98. The summed E-state index contributed by atoms with van der Waals surface area (Å²) in [7, 11) is 0. The lowest BCUT2D eigenvalue weighted by atomic mass is 10.1. The van der Waals surface area contributed by atoms with Gasteiger partial charge in [0.25, 0.3) is 0 Å². The molecular weight excluding hydrogens is 326 g/mol. The van der Waals surface area contributed by atoms with Gasteiger partial charge in [0.2, 0.25) is 11.0 Å². The molecule has 4 aromatic rings. The summed E-state index contributed by atoms with van der Waals surface area (Å²) in [5.74, 6) is 1.53. The lowest BCUT2D eigenvalue weighted by molar-refractivity contribution is 0.453. The molecule has 4 heteroatoms. The zero-order valence-corrected chi connectivity index (χ0v) is 13.8. The fourth-order valence-corrected chi connectivity index (χ4v) is 2.62. The van der Waals surface area contributed by atoms with Crippen molar-refractivity contribution in [2.24, 2.45) is 0 Å². The van der Waals surface area contributed by atoms with Gasteiger partial charge in [0.05, 0.1) is 5.39 Å². The van der Waals surface area contributed by atoms with Crippen LogP contribution < -0.4 is 10.2 Å². The van der Waals surface area contributed by atoms with Crippen molar-refractivity contribution in [3.8, 4) is 11.5 Å². The van der Waals surface area contributed by atoms with Gasteiger partial charge in [-0.15, -0.1) is 0 Å². The minimum absolute atomic E-state index is 0.185. The lowest BCUT2D eigenvalue weighted by Crippen LogP contribution is -1.91. The number of hydrogen-bond donors (Lipinski definition) is 0. The van der Waals surface area contributed by atoms with Gasteiger partial charge in [-0.3, -0.25) is 4.79 Å². The monoisotopic (exact) mass is 341 g/mol. The molecule has 4 nitrogen and oxygen atoms in total. The molecule has 26 heavy (non-hydrogen) atoms. The molecule has 0 fully saturated rings. The minimum Gasteiger partial charge on any atom is -0.457 e. The Kier molecular flexibility index (Phi) is 4.31. The van der Waals surface area contributed by atoms with Crippen molar-refractivity contribution in [2.75, 3.05) is 0 Å². The van der Waals surface area contributed by atoms with E-state index in [0.717, 1.165) is 17.1 Å². The van der Waals surface area contributed by atoms with E-state index in [1.165, 1.54) is 6.07 Å². The third kappa shape index (κ3) is 3.39. The molecule has 0 bridgehead atoms. The smallest absolute Gasteiger partial charge is 0.224 e. The number of hydrogen-bond acceptors (Lipinski definition) is 4. The van der Waals surface area contributed by atoms with Crippen molar-refractivity contribution in [2.45, 2.75) is 0 Å². The molecule has 0 atom stereocenters. The fraction of sp³-hybridized carbons (Fsp3) is 0. The second-order valence-corrected chi connectivity index (χ2v) is 5.71. The molecule has 4 rings (SSSR count). The number of ether oxygens (including phenoxy) is 1. The minimum atomic E-state index is -0.185. The second kappa shape index (κ2) is 7.07. The first-order valence-corrected chi connectivity index (χ1v) is 8.19. The number of fused-ring (bicyclic) bond motifs is 1. The highest BCUT2D eigenvalue weighted by atomic mass is 16.5. The van der Waals surface area contributed by atoms with Crippen LogP contribution in [0.1, 0.15) is 11.3 Å². The Morgan fingerprint density at radius 1 is 0.808 bits per heavy atom. The number of para-hydroxylation sites is 1. The van der Waals surface area contributed by atoms with Gasteiger partial charge in [-0.1, -0.05) is 53.7 Å². The van der Waals surface area contributed by atoms with Crippen LogP contribution in [0.15, 0.2) is 88.2 Å². The second-order valence-electron chi connectivity index (χ2n) is 5.71. The van der Waals surface area contributed by atoms with Gasteiger partial charge in [0, 0.05) is 0 Å². The van der Waals surface area contributed by atoms with E-state index < -0.39 is 0 Å². The average molecular weight is 341 g/mol. The van der Waals surface area contributed by atoms with Crippen molar-refractivity contribution in [1.29, 1.82) is 0 Å². The van der Waals surface area contributed by atoms with Crippen LogP contribution >= 0.6 is 0 Å². The summed E-state index contributed by atoms with van der Waals surface area (Å²) < 4.78 is 11.0. The zero-order chi connectivity index (χ0) is 17.8. The first-order valence-electron chi connectivity index (χ1n) is 8.19. The number of aromatic nitrogens is 1. The maximum atomic E-state index is 11.9. The summed E-state index contributed by atoms with van der Waals surface area (Å²) in [5, 5.41) is 4.68. The summed E-state index contributed by atoms with van der Waals surface area (Å²) in [4.78, 5) is 11.9. The Bertz CT molecular complexity index is 1130. The van der Waals surface area contributed by atoms with Crippen LogP contribution in [-0.4, -0.2) is 5.16 Å². The molecule has 0 radical (unpaired) electrons. The molecule has 0 unspecified atom stereocenters. The van der Waals surface area contributed by atoms with Gasteiger partial charge in [0.1, 0.15) is 17.2 Å². The molecule has 1 aromatic heterocycles. The van der Waals surface area contributed by atoms with E-state index in [1.807, 2.05) is 72.8 Å². The van der Waals surface area contributed by atoms with Crippen LogP contribution in [0.2, 0.25) is 0 Å². The highest BCUT2D eigenvalue weighted by Gasteiger charge is 2.06. The van der Waals surface area contributed by atoms with E-state index in [2.05, 4.69) is 5.16 Å². The van der Waals surface area contributed by atoms with E-state index in [0.29, 0.717) is 11.1 Å². The van der Waals surface area contributed by atoms with E-state index in [1.54, 1.807) is 12.1 Å². The summed E-state index contributed by atoms with van der Waals surface area (Å²) in [6, 6.07) is 24.1. The Balaban J connectivity index is 1.62. The molecule has 0 amide bonds. The van der Waals surface area contributed by atoms with Crippen molar-refractivity contribution < 1.29 is 9.26 Å². The summed E-state index contributed by atoms with van der Waals surface area (Å²) in [6.45, 7) is 0. The third-order valence-electron chi connectivity index (χ3n) is 3.87. The highest BCUT2D eigenvalue weighted by molar-refractivity contribution is 5.87. The quantitative estimate of drug-likeness (QED) is 0.515. The first-order chi connectivity index (χ1) is 12.8. The maximum Gasteiger partial charge on any atom is 0.224 e. The molecule has 0 aliphatic rings. The highest BCUT2D eigenvalue weighted by Crippen LogP contribution is 2.23. The van der Waals surface area contributed by atoms with E-state index >= 15 is 0 Å². The van der Waals surface area contributed by atoms with Crippen LogP contribution in [0.5, 0.6) is 11.5 Å². The Morgan fingerprint density at radius 3 is 2.46 bits per heavy atom. The van der Waals surface area contributed by atoms with Crippen LogP contribution in [-0.2, 0) is 0 Å². The van der Waals surface area contributed by atoms with E-state index in [9.17, 15) is 4.79 Å². The SMILES string of the molecule is O=c1ccccc2c(/C=C/c3cccc(Oc4ccccc4)c3)noc12. The number of benzene rings is 2. The topological polar surface area (TPSA) is 52.3 Å². The Labute approximate surface area is 150 Å². The van der Waals surface area contributed by atoms with Crippen molar-refractivity contribution in [3.63, 3.8) is 0 Å². The lowest BCUT2D eigenvalue weighted by Gasteiger charge is -2.05. The summed E-state index contributed by atoms with van der Waals surface area (Å²) in [6.07, 6.45) is 3.74. The molecule has 0 saturated heterocycles. The predicted octanol–water partition coefficient (Wildman–Crippen LogP) is 5.15. The summed E-state index contributed by atoms with van der Waals surface area (Å²) >= 11 is 0. The fourth-order valence-electron chi connectivity index (χ4n) is 2.62. The van der Waals surface area contributed by atoms with Gasteiger partial charge in [0.15, 0.2) is 0 Å². The maximum absolute atomic E-state index is 11.9. The Morgan fingerprint density at radius 2 is 1.58 bits per heavy atom.